The lowest BCUT2D eigenvalue weighted by Crippen LogP contribution is -2.50. The predicted molar refractivity (Wildman–Crippen MR) is 161 cm³/mol. The molecule has 0 aliphatic carbocycles. The largest absolute Gasteiger partial charge is 0.662 e. The molecule has 0 N–H and O–H groups in total. The summed E-state index contributed by atoms with van der Waals surface area (Å²) in [7, 11) is -0.0146. The highest BCUT2D eigenvalue weighted by atomic mass is 32.2. The third-order valence-corrected chi connectivity index (χ3v) is 9.36. The Morgan fingerprint density at radius 3 is 1.77 bits per heavy atom. The molecule has 0 spiro atoms. The number of cyclic esters (lactones) is 1. The van der Waals surface area contributed by atoms with E-state index in [9.17, 15) is 4.79 Å². The zero-order valence-corrected chi connectivity index (χ0v) is 24.1. The first kappa shape index (κ1) is 29.3. The lowest BCUT2D eigenvalue weighted by atomic mass is 10.2. The van der Waals surface area contributed by atoms with Gasteiger partial charge in [0.05, 0.1) is 17.3 Å². The molecule has 5 nitrogen and oxygen atoms in total. The molecule has 208 valence electrons. The highest BCUT2D eigenvalue weighted by Crippen LogP contribution is 2.30. The van der Waals surface area contributed by atoms with Crippen molar-refractivity contribution in [3.05, 3.63) is 96.3 Å². The number of unbranched alkanes of at least 4 members (excludes halogenated alkanes) is 2. The van der Waals surface area contributed by atoms with Gasteiger partial charge in [0.15, 0.2) is 20.9 Å². The van der Waals surface area contributed by atoms with Crippen molar-refractivity contribution in [1.82, 2.24) is 9.80 Å². The van der Waals surface area contributed by atoms with Gasteiger partial charge in [-0.3, -0.25) is 9.69 Å². The molecular weight excluding hydrogens is 502 g/mol. The van der Waals surface area contributed by atoms with Gasteiger partial charge in [0, 0.05) is 32.6 Å². The van der Waals surface area contributed by atoms with Gasteiger partial charge in [-0.05, 0) is 49.4 Å². The second kappa shape index (κ2) is 16.5. The standard InChI is InChI=1S/C18H15S.C15H28N3O2/c1-4-10-16(11-5-1)19(17-12-6-2-7-13-17)18-14-8-3-9-15-18;1-2-16-8-4-3-5-9-17-10-12-18(13-11-17)14-6-7-15(19)20-14/h1-15H;14H,2-13H2,1H3/q+1;-1. The van der Waals surface area contributed by atoms with Crippen LogP contribution in [0.15, 0.2) is 106 Å². The molecule has 39 heavy (non-hydrogen) atoms. The number of hydrogen-bond acceptors (Lipinski definition) is 4. The number of ether oxygens (including phenoxy) is 1. The molecule has 2 aliphatic rings. The Bertz CT molecular complexity index is 982. The molecule has 3 aromatic rings. The van der Waals surface area contributed by atoms with E-state index < -0.39 is 0 Å². The smallest absolute Gasteiger partial charge is 0.307 e. The molecule has 2 fully saturated rings. The summed E-state index contributed by atoms with van der Waals surface area (Å²) < 4.78 is 5.33. The number of esters is 1. The fourth-order valence-electron chi connectivity index (χ4n) is 5.01. The van der Waals surface area contributed by atoms with Crippen LogP contribution in [0.1, 0.15) is 39.0 Å². The van der Waals surface area contributed by atoms with Crippen LogP contribution in [0.25, 0.3) is 5.32 Å². The predicted octanol–water partition coefficient (Wildman–Crippen LogP) is 6.61. The maximum atomic E-state index is 11.1. The maximum absolute atomic E-state index is 11.1. The van der Waals surface area contributed by atoms with Crippen molar-refractivity contribution in [3.63, 3.8) is 0 Å². The Hall–Kier alpha value is -2.64. The van der Waals surface area contributed by atoms with Crippen LogP contribution in [0, 0.1) is 0 Å². The molecule has 0 amide bonds. The van der Waals surface area contributed by atoms with Crippen LogP contribution < -0.4 is 0 Å². The van der Waals surface area contributed by atoms with Crippen LogP contribution in [-0.4, -0.2) is 67.8 Å². The lowest BCUT2D eigenvalue weighted by Gasteiger charge is -2.37. The topological polar surface area (TPSA) is 46.9 Å². The average Bonchev–Trinajstić information content (AvgIpc) is 3.44. The summed E-state index contributed by atoms with van der Waals surface area (Å²) in [5.41, 5.74) is 0. The number of hydrogen-bond donors (Lipinski definition) is 0. The van der Waals surface area contributed by atoms with Crippen LogP contribution in [0.3, 0.4) is 0 Å². The highest BCUT2D eigenvalue weighted by Gasteiger charge is 2.31. The zero-order valence-electron chi connectivity index (χ0n) is 23.3. The van der Waals surface area contributed by atoms with E-state index in [1.54, 1.807) is 0 Å². The van der Waals surface area contributed by atoms with E-state index in [0.29, 0.717) is 6.42 Å². The van der Waals surface area contributed by atoms with Crippen LogP contribution in [0.5, 0.6) is 0 Å². The molecule has 6 heteroatoms. The van der Waals surface area contributed by atoms with Crippen molar-refractivity contribution < 1.29 is 9.53 Å². The van der Waals surface area contributed by atoms with Crippen molar-refractivity contribution in [2.45, 2.75) is 59.9 Å². The van der Waals surface area contributed by atoms with Crippen LogP contribution in [0.4, 0.5) is 0 Å². The Balaban J connectivity index is 0.000000181. The first-order valence-electron chi connectivity index (χ1n) is 14.4. The first-order chi connectivity index (χ1) is 19.2. The molecule has 0 radical (unpaired) electrons. The Morgan fingerprint density at radius 2 is 1.31 bits per heavy atom. The van der Waals surface area contributed by atoms with Crippen LogP contribution >= 0.6 is 0 Å². The second-order valence-corrected chi connectivity index (χ2v) is 12.0. The van der Waals surface area contributed by atoms with Crippen molar-refractivity contribution in [3.8, 4) is 0 Å². The molecule has 3 aromatic carbocycles. The summed E-state index contributed by atoms with van der Waals surface area (Å²) in [4.78, 5) is 20.1. The molecule has 0 bridgehead atoms. The SMILES string of the molecule is CC[N-]CCCCCN1CCN(C2CCC(=O)O2)CC1.c1ccc([S+](c2ccccc2)c2ccccc2)cc1. The third-order valence-electron chi connectivity index (χ3n) is 7.13. The number of rotatable bonds is 11. The van der Waals surface area contributed by atoms with Gasteiger partial charge in [0.2, 0.25) is 0 Å². The zero-order chi connectivity index (χ0) is 27.1. The molecule has 0 saturated carbocycles. The molecule has 5 rings (SSSR count). The van der Waals surface area contributed by atoms with Crippen molar-refractivity contribution in [2.24, 2.45) is 0 Å². The maximum Gasteiger partial charge on any atom is 0.307 e. The Labute approximate surface area is 237 Å². The van der Waals surface area contributed by atoms with Crippen LogP contribution in [-0.2, 0) is 20.4 Å². The number of piperazine rings is 1. The van der Waals surface area contributed by atoms with Gasteiger partial charge >= 0.3 is 5.97 Å². The lowest BCUT2D eigenvalue weighted by molar-refractivity contribution is -0.149. The average molecular weight is 546 g/mol. The quantitative estimate of drug-likeness (QED) is 0.154. The van der Waals surface area contributed by atoms with Gasteiger partial charge in [-0.1, -0.05) is 74.4 Å². The summed E-state index contributed by atoms with van der Waals surface area (Å²) in [6.45, 7) is 9.55. The number of nitrogens with zero attached hydrogens (tertiary/aromatic N) is 3. The van der Waals surface area contributed by atoms with Crippen molar-refractivity contribution in [1.29, 1.82) is 0 Å². The van der Waals surface area contributed by atoms with E-state index >= 15 is 0 Å². The molecule has 1 unspecified atom stereocenters. The highest BCUT2D eigenvalue weighted by molar-refractivity contribution is 7.97. The second-order valence-electron chi connectivity index (χ2n) is 9.93. The van der Waals surface area contributed by atoms with E-state index in [-0.39, 0.29) is 23.1 Å². The fraction of sp³-hybridized carbons (Fsp3) is 0.424. The van der Waals surface area contributed by atoms with Crippen molar-refractivity contribution in [2.75, 3.05) is 45.8 Å². The summed E-state index contributed by atoms with van der Waals surface area (Å²) in [5, 5.41) is 4.35. The van der Waals surface area contributed by atoms with E-state index in [1.165, 1.54) is 40.5 Å². The van der Waals surface area contributed by atoms with Crippen molar-refractivity contribution >= 4 is 16.9 Å². The first-order valence-corrected chi connectivity index (χ1v) is 15.7. The monoisotopic (exact) mass is 545 g/mol. The fourth-order valence-corrected chi connectivity index (χ4v) is 7.12. The minimum atomic E-state index is -0.0325. The minimum Gasteiger partial charge on any atom is -0.662 e. The Kier molecular flexibility index (Phi) is 12.4. The molecule has 2 saturated heterocycles. The van der Waals surface area contributed by atoms with Gasteiger partial charge < -0.3 is 15.0 Å². The molecule has 2 heterocycles. The van der Waals surface area contributed by atoms with E-state index in [1.807, 2.05) is 0 Å². The van der Waals surface area contributed by atoms with E-state index in [2.05, 4.69) is 113 Å². The van der Waals surface area contributed by atoms with E-state index in [0.717, 1.165) is 45.7 Å². The van der Waals surface area contributed by atoms with E-state index in [4.69, 9.17) is 4.74 Å². The summed E-state index contributed by atoms with van der Waals surface area (Å²) in [6, 6.07) is 32.2. The van der Waals surface area contributed by atoms with Gasteiger partial charge in [-0.15, -0.1) is 6.54 Å². The van der Waals surface area contributed by atoms with Gasteiger partial charge in [-0.2, -0.15) is 6.54 Å². The molecular formula is C33H43N3O2S. The molecule has 1 atom stereocenters. The normalized spacial score (nSPS) is 18.0. The molecule has 2 aliphatic heterocycles. The third kappa shape index (κ3) is 9.50. The number of benzene rings is 3. The van der Waals surface area contributed by atoms with Gasteiger partial charge in [0.25, 0.3) is 0 Å². The van der Waals surface area contributed by atoms with Gasteiger partial charge in [-0.25, -0.2) is 0 Å². The molecule has 0 aromatic heterocycles. The summed E-state index contributed by atoms with van der Waals surface area (Å²) in [5.74, 6) is -0.0325. The Morgan fingerprint density at radius 1 is 0.769 bits per heavy atom. The number of carbonyl (C=O) groups excluding carboxylic acids is 1. The minimum absolute atomic E-state index is 0.0146. The van der Waals surface area contributed by atoms with Crippen LogP contribution in [0.2, 0.25) is 0 Å². The number of carbonyl (C=O) groups is 1. The van der Waals surface area contributed by atoms with Gasteiger partial charge in [0.1, 0.15) is 0 Å². The summed E-state index contributed by atoms with van der Waals surface area (Å²) >= 11 is 0. The summed E-state index contributed by atoms with van der Waals surface area (Å²) in [6.07, 6.45) is 5.31.